The molecule has 0 saturated carbocycles. The largest absolute Gasteiger partial charge is 0.495 e. The molecule has 1 atom stereocenters. The van der Waals surface area contributed by atoms with Gasteiger partial charge in [0.2, 0.25) is 0 Å². The van der Waals surface area contributed by atoms with Crippen LogP contribution in [-0.4, -0.2) is 34.0 Å². The molecule has 4 aromatic rings. The Morgan fingerprint density at radius 2 is 1.86 bits per heavy atom. The van der Waals surface area contributed by atoms with Crippen molar-refractivity contribution in [2.24, 2.45) is 0 Å². The van der Waals surface area contributed by atoms with Crippen LogP contribution in [0.2, 0.25) is 10.0 Å². The second kappa shape index (κ2) is 10.7. The van der Waals surface area contributed by atoms with Crippen molar-refractivity contribution in [1.29, 1.82) is 0 Å². The van der Waals surface area contributed by atoms with E-state index in [1.807, 2.05) is 51.1 Å². The molecule has 0 aliphatic rings. The number of hydrogen-bond acceptors (Lipinski definition) is 4. The molecule has 0 aliphatic heterocycles. The van der Waals surface area contributed by atoms with Gasteiger partial charge < -0.3 is 9.64 Å². The molecule has 0 aliphatic carbocycles. The monoisotopic (exact) mass is 523 g/mol. The quantitative estimate of drug-likeness (QED) is 0.273. The molecule has 0 bridgehead atoms. The minimum absolute atomic E-state index is 0.236. The van der Waals surface area contributed by atoms with Crippen molar-refractivity contribution in [2.75, 3.05) is 13.7 Å². The molecule has 0 radical (unpaired) electrons. The van der Waals surface area contributed by atoms with Gasteiger partial charge in [-0.25, -0.2) is 4.98 Å². The smallest absolute Gasteiger partial charge is 0.266 e. The molecule has 186 valence electrons. The molecule has 0 spiro atoms. The molecule has 36 heavy (non-hydrogen) atoms. The first-order valence-corrected chi connectivity index (χ1v) is 12.4. The zero-order valence-corrected chi connectivity index (χ0v) is 22.1. The third-order valence-electron chi connectivity index (χ3n) is 6.10. The number of para-hydroxylation sites is 1. The van der Waals surface area contributed by atoms with E-state index in [2.05, 4.69) is 0 Å². The zero-order valence-electron chi connectivity index (χ0n) is 20.6. The number of aryl methyl sites for hydroxylation is 1. The fourth-order valence-electron chi connectivity index (χ4n) is 4.31. The van der Waals surface area contributed by atoms with E-state index >= 15 is 0 Å². The van der Waals surface area contributed by atoms with Gasteiger partial charge in [-0.15, -0.1) is 0 Å². The minimum Gasteiger partial charge on any atom is -0.495 e. The summed E-state index contributed by atoms with van der Waals surface area (Å²) in [7, 11) is 1.56. The van der Waals surface area contributed by atoms with Gasteiger partial charge in [0.15, 0.2) is 0 Å². The lowest BCUT2D eigenvalue weighted by atomic mass is 10.1. The Morgan fingerprint density at radius 3 is 2.56 bits per heavy atom. The van der Waals surface area contributed by atoms with Gasteiger partial charge in [-0.1, -0.05) is 48.3 Å². The van der Waals surface area contributed by atoms with E-state index in [0.717, 1.165) is 5.56 Å². The number of halogens is 2. The van der Waals surface area contributed by atoms with Crippen LogP contribution in [0.1, 0.15) is 48.1 Å². The van der Waals surface area contributed by atoms with Crippen LogP contribution in [0.15, 0.2) is 65.5 Å². The van der Waals surface area contributed by atoms with Gasteiger partial charge in [0.1, 0.15) is 11.6 Å². The maximum atomic E-state index is 13.9. The molecule has 8 heteroatoms. The minimum atomic E-state index is -0.563. The fraction of sp³-hybridized carbons (Fsp3) is 0.250. The summed E-state index contributed by atoms with van der Waals surface area (Å²) in [5, 5.41) is 1.19. The summed E-state index contributed by atoms with van der Waals surface area (Å²) in [6, 6.07) is 17.1. The predicted octanol–water partition coefficient (Wildman–Crippen LogP) is 6.62. The van der Waals surface area contributed by atoms with Crippen LogP contribution >= 0.6 is 23.2 Å². The molecule has 1 aromatic heterocycles. The Labute approximate surface area is 220 Å². The first-order valence-electron chi connectivity index (χ1n) is 11.7. The molecule has 1 heterocycles. The third-order valence-corrected chi connectivity index (χ3v) is 6.65. The van der Waals surface area contributed by atoms with Gasteiger partial charge in [-0.2, -0.15) is 0 Å². The molecule has 4 rings (SSSR count). The lowest BCUT2D eigenvalue weighted by molar-refractivity contribution is 0.0681. The summed E-state index contributed by atoms with van der Waals surface area (Å²) in [5.41, 5.74) is 2.18. The van der Waals surface area contributed by atoms with Gasteiger partial charge in [0, 0.05) is 11.6 Å². The number of carbonyl (C=O) groups excluding carboxylic acids is 1. The van der Waals surface area contributed by atoms with Crippen LogP contribution in [0, 0.1) is 6.92 Å². The molecule has 1 unspecified atom stereocenters. The standard InChI is InChI=1S/C28H27Cl2N3O3/c1-5-14-32(27(34)20-12-11-19(29)16-22(20)30)18(3)26-31-23-9-7-6-8-21(23)28(35)33(26)24-15-17(2)10-13-25(24)36-4/h6-13,15-16,18H,5,14H2,1-4H3. The Hall–Kier alpha value is -3.35. The number of rotatable bonds is 7. The number of methoxy groups -OCH3 is 1. The van der Waals surface area contributed by atoms with Crippen molar-refractivity contribution in [3.8, 4) is 11.4 Å². The van der Waals surface area contributed by atoms with Crippen LogP contribution < -0.4 is 10.3 Å². The average molecular weight is 524 g/mol. The summed E-state index contributed by atoms with van der Waals surface area (Å²) in [6.07, 6.45) is 0.701. The number of benzene rings is 3. The summed E-state index contributed by atoms with van der Waals surface area (Å²) in [4.78, 5) is 34.2. The van der Waals surface area contributed by atoms with Gasteiger partial charge >= 0.3 is 0 Å². The van der Waals surface area contributed by atoms with Gasteiger partial charge in [-0.3, -0.25) is 14.2 Å². The second-order valence-electron chi connectivity index (χ2n) is 8.60. The molecule has 3 aromatic carbocycles. The highest BCUT2D eigenvalue weighted by molar-refractivity contribution is 6.36. The Bertz CT molecular complexity index is 1500. The van der Waals surface area contributed by atoms with Crippen LogP contribution in [-0.2, 0) is 0 Å². The molecular weight excluding hydrogens is 497 g/mol. The lowest BCUT2D eigenvalue weighted by Crippen LogP contribution is -2.38. The van der Waals surface area contributed by atoms with Crippen molar-refractivity contribution in [2.45, 2.75) is 33.2 Å². The third kappa shape index (κ3) is 4.84. The van der Waals surface area contributed by atoms with Crippen molar-refractivity contribution in [3.63, 3.8) is 0 Å². The lowest BCUT2D eigenvalue weighted by Gasteiger charge is -2.31. The topological polar surface area (TPSA) is 64.4 Å². The first-order chi connectivity index (χ1) is 17.3. The summed E-state index contributed by atoms with van der Waals surface area (Å²) < 4.78 is 7.16. The number of aromatic nitrogens is 2. The number of carbonyl (C=O) groups is 1. The number of ether oxygens (including phenoxy) is 1. The predicted molar refractivity (Wildman–Crippen MR) is 145 cm³/mol. The highest BCUT2D eigenvalue weighted by Gasteiger charge is 2.29. The Morgan fingerprint density at radius 1 is 1.11 bits per heavy atom. The van der Waals surface area contributed by atoms with Crippen molar-refractivity contribution in [1.82, 2.24) is 14.5 Å². The Kier molecular flexibility index (Phi) is 7.67. The molecule has 6 nitrogen and oxygen atoms in total. The fourth-order valence-corrected chi connectivity index (χ4v) is 4.80. The number of amides is 1. The van der Waals surface area contributed by atoms with Gasteiger partial charge in [0.05, 0.1) is 40.3 Å². The van der Waals surface area contributed by atoms with Crippen molar-refractivity contribution < 1.29 is 9.53 Å². The summed E-state index contributed by atoms with van der Waals surface area (Å²) in [6.45, 7) is 6.24. The SMILES string of the molecule is CCCN(C(=O)c1ccc(Cl)cc1Cl)C(C)c1nc2ccccc2c(=O)n1-c1cc(C)ccc1OC. The van der Waals surface area contributed by atoms with E-state index in [-0.39, 0.29) is 16.5 Å². The van der Waals surface area contributed by atoms with Crippen molar-refractivity contribution >= 4 is 40.0 Å². The van der Waals surface area contributed by atoms with E-state index in [1.54, 1.807) is 46.9 Å². The normalized spacial score (nSPS) is 11.9. The molecular formula is C28H27Cl2N3O3. The van der Waals surface area contributed by atoms with E-state index < -0.39 is 6.04 Å². The highest BCUT2D eigenvalue weighted by Crippen LogP contribution is 2.31. The second-order valence-corrected chi connectivity index (χ2v) is 9.45. The van der Waals surface area contributed by atoms with E-state index in [9.17, 15) is 9.59 Å². The van der Waals surface area contributed by atoms with Gasteiger partial charge in [0.25, 0.3) is 11.5 Å². The maximum Gasteiger partial charge on any atom is 0.266 e. The molecule has 0 saturated heterocycles. The number of fused-ring (bicyclic) bond motifs is 1. The summed E-state index contributed by atoms with van der Waals surface area (Å²) in [5.74, 6) is 0.688. The zero-order chi connectivity index (χ0) is 26.0. The van der Waals surface area contributed by atoms with Crippen LogP contribution in [0.25, 0.3) is 16.6 Å². The number of hydrogen-bond donors (Lipinski definition) is 0. The van der Waals surface area contributed by atoms with Crippen LogP contribution in [0.3, 0.4) is 0 Å². The van der Waals surface area contributed by atoms with E-state index in [4.69, 9.17) is 32.9 Å². The molecule has 0 N–H and O–H groups in total. The van der Waals surface area contributed by atoms with E-state index in [1.165, 1.54) is 0 Å². The van der Waals surface area contributed by atoms with Crippen LogP contribution in [0.5, 0.6) is 5.75 Å². The first kappa shape index (κ1) is 25.7. The van der Waals surface area contributed by atoms with Crippen molar-refractivity contribution in [3.05, 3.63) is 98.0 Å². The van der Waals surface area contributed by atoms with Crippen LogP contribution in [0.4, 0.5) is 0 Å². The molecule has 0 fully saturated rings. The Balaban J connectivity index is 1.96. The summed E-state index contributed by atoms with van der Waals surface area (Å²) >= 11 is 12.4. The maximum absolute atomic E-state index is 13.9. The number of nitrogens with zero attached hydrogens (tertiary/aromatic N) is 3. The van der Waals surface area contributed by atoms with E-state index in [0.29, 0.717) is 51.7 Å². The van der Waals surface area contributed by atoms with Gasteiger partial charge in [-0.05, 0) is 68.3 Å². The highest BCUT2D eigenvalue weighted by atomic mass is 35.5. The average Bonchev–Trinajstić information content (AvgIpc) is 2.86. The molecule has 1 amide bonds.